The Bertz CT molecular complexity index is 1010. The Kier molecular flexibility index (Phi) is 6.14. The Balaban J connectivity index is 1.90. The van der Waals surface area contributed by atoms with Crippen molar-refractivity contribution in [2.45, 2.75) is 25.7 Å². The molecule has 0 amide bonds. The molecule has 3 rings (SSSR count). The fourth-order valence-electron chi connectivity index (χ4n) is 3.51. The third-order valence-electron chi connectivity index (χ3n) is 5.30. The molecule has 1 aliphatic heterocycles. The molecule has 0 unspecified atom stereocenters. The number of aryl methyl sites for hydroxylation is 2. The van der Waals surface area contributed by atoms with Crippen LogP contribution in [-0.2, 0) is 10.0 Å². The first kappa shape index (κ1) is 21.1. The molecule has 2 aromatic rings. The molecule has 1 aliphatic rings. The Morgan fingerprint density at radius 1 is 1.07 bits per heavy atom. The van der Waals surface area contributed by atoms with Crippen molar-refractivity contribution in [3.05, 3.63) is 53.1 Å². The number of hydrogen-bond donors (Lipinski definition) is 2. The molecule has 7 nitrogen and oxygen atoms in total. The smallest absolute Gasteiger partial charge is 0.337 e. The largest absolute Gasteiger partial charge is 0.478 e. The summed E-state index contributed by atoms with van der Waals surface area (Å²) in [6, 6.07) is 10.0. The predicted octanol–water partition coefficient (Wildman–Crippen LogP) is 2.94. The van der Waals surface area contributed by atoms with Gasteiger partial charge in [0.2, 0.25) is 0 Å². The number of carboxylic acid groups (broad SMARTS) is 1. The van der Waals surface area contributed by atoms with Crippen molar-refractivity contribution in [1.82, 2.24) is 4.90 Å². The number of likely N-dealkylation sites (N-methyl/N-ethyl adjacent to an activating group) is 1. The minimum Gasteiger partial charge on any atom is -0.478 e. The van der Waals surface area contributed by atoms with E-state index in [-0.39, 0.29) is 16.1 Å². The van der Waals surface area contributed by atoms with Gasteiger partial charge in [-0.3, -0.25) is 4.72 Å². The van der Waals surface area contributed by atoms with E-state index in [2.05, 4.69) is 21.4 Å². The third-order valence-corrected chi connectivity index (χ3v) is 6.80. The first-order valence-corrected chi connectivity index (χ1v) is 11.1. The van der Waals surface area contributed by atoms with Gasteiger partial charge in [-0.25, -0.2) is 13.2 Å². The highest BCUT2D eigenvalue weighted by Gasteiger charge is 2.23. The molecule has 1 heterocycles. The molecule has 29 heavy (non-hydrogen) atoms. The SMILES string of the molecule is CCN1CCN(c2ccc(NS(=O)(=O)c3cc(C)ccc3C)c(C(=O)O)c2)CC1. The van der Waals surface area contributed by atoms with E-state index in [1.807, 2.05) is 13.0 Å². The van der Waals surface area contributed by atoms with E-state index in [0.29, 0.717) is 5.56 Å². The topological polar surface area (TPSA) is 90.0 Å². The van der Waals surface area contributed by atoms with Crippen molar-refractivity contribution in [2.75, 3.05) is 42.3 Å². The number of carboxylic acids is 1. The molecule has 0 radical (unpaired) electrons. The van der Waals surface area contributed by atoms with Gasteiger partial charge in [0.15, 0.2) is 0 Å². The zero-order valence-corrected chi connectivity index (χ0v) is 17.8. The van der Waals surface area contributed by atoms with Gasteiger partial charge in [-0.15, -0.1) is 0 Å². The Morgan fingerprint density at radius 3 is 2.38 bits per heavy atom. The van der Waals surface area contributed by atoms with E-state index in [1.54, 1.807) is 31.2 Å². The minimum absolute atomic E-state index is 0.0608. The molecule has 0 spiro atoms. The molecule has 0 aliphatic carbocycles. The van der Waals surface area contributed by atoms with Crippen LogP contribution in [0.4, 0.5) is 11.4 Å². The van der Waals surface area contributed by atoms with Crippen LogP contribution in [0.2, 0.25) is 0 Å². The van der Waals surface area contributed by atoms with Crippen LogP contribution < -0.4 is 9.62 Å². The lowest BCUT2D eigenvalue weighted by Gasteiger charge is -2.35. The van der Waals surface area contributed by atoms with Crippen LogP contribution in [0.1, 0.15) is 28.4 Å². The van der Waals surface area contributed by atoms with Crippen molar-refractivity contribution in [3.63, 3.8) is 0 Å². The summed E-state index contributed by atoms with van der Waals surface area (Å²) >= 11 is 0. The van der Waals surface area contributed by atoms with Gasteiger partial charge < -0.3 is 14.9 Å². The van der Waals surface area contributed by atoms with Crippen LogP contribution >= 0.6 is 0 Å². The van der Waals surface area contributed by atoms with E-state index in [0.717, 1.165) is 44.0 Å². The number of anilines is 2. The molecular weight excluding hydrogens is 390 g/mol. The average molecular weight is 418 g/mol. The number of hydrogen-bond acceptors (Lipinski definition) is 5. The quantitative estimate of drug-likeness (QED) is 0.751. The summed E-state index contributed by atoms with van der Waals surface area (Å²) in [5, 5.41) is 9.67. The van der Waals surface area contributed by atoms with Gasteiger partial charge in [0, 0.05) is 31.9 Å². The third kappa shape index (κ3) is 4.71. The molecule has 8 heteroatoms. The number of piperazine rings is 1. The summed E-state index contributed by atoms with van der Waals surface area (Å²) in [5.41, 5.74) is 2.21. The number of nitrogens with zero attached hydrogens (tertiary/aromatic N) is 2. The second-order valence-corrected chi connectivity index (χ2v) is 8.98. The van der Waals surface area contributed by atoms with Crippen molar-refractivity contribution in [1.29, 1.82) is 0 Å². The lowest BCUT2D eigenvalue weighted by Crippen LogP contribution is -2.46. The van der Waals surface area contributed by atoms with Crippen molar-refractivity contribution < 1.29 is 18.3 Å². The van der Waals surface area contributed by atoms with Gasteiger partial charge in [-0.2, -0.15) is 0 Å². The van der Waals surface area contributed by atoms with Crippen LogP contribution in [0.3, 0.4) is 0 Å². The highest BCUT2D eigenvalue weighted by molar-refractivity contribution is 7.92. The molecule has 0 bridgehead atoms. The van der Waals surface area contributed by atoms with Gasteiger partial charge in [0.1, 0.15) is 0 Å². The fourth-order valence-corrected chi connectivity index (χ4v) is 4.92. The predicted molar refractivity (Wildman–Crippen MR) is 114 cm³/mol. The second-order valence-electron chi connectivity index (χ2n) is 7.33. The maximum absolute atomic E-state index is 12.9. The highest BCUT2D eigenvalue weighted by atomic mass is 32.2. The number of benzene rings is 2. The molecular formula is C21H27N3O4S. The van der Waals surface area contributed by atoms with Gasteiger partial charge in [0.05, 0.1) is 16.1 Å². The summed E-state index contributed by atoms with van der Waals surface area (Å²) in [6.07, 6.45) is 0. The van der Waals surface area contributed by atoms with Crippen LogP contribution in [0.15, 0.2) is 41.3 Å². The zero-order valence-electron chi connectivity index (χ0n) is 17.0. The lowest BCUT2D eigenvalue weighted by atomic mass is 10.1. The molecule has 1 saturated heterocycles. The van der Waals surface area contributed by atoms with E-state index in [1.165, 1.54) is 6.07 Å². The minimum atomic E-state index is -3.90. The first-order chi connectivity index (χ1) is 13.7. The zero-order chi connectivity index (χ0) is 21.2. The second kappa shape index (κ2) is 8.42. The summed E-state index contributed by atoms with van der Waals surface area (Å²) < 4.78 is 28.2. The normalized spacial score (nSPS) is 15.3. The Hall–Kier alpha value is -2.58. The Morgan fingerprint density at radius 2 is 1.76 bits per heavy atom. The van der Waals surface area contributed by atoms with E-state index < -0.39 is 16.0 Å². The molecule has 1 fully saturated rings. The van der Waals surface area contributed by atoms with Crippen LogP contribution in [0.25, 0.3) is 0 Å². The van der Waals surface area contributed by atoms with E-state index in [4.69, 9.17) is 0 Å². The average Bonchev–Trinajstić information content (AvgIpc) is 2.69. The molecule has 0 atom stereocenters. The summed E-state index contributed by atoms with van der Waals surface area (Å²) in [7, 11) is -3.90. The molecule has 0 saturated carbocycles. The Labute approximate surface area is 172 Å². The first-order valence-electron chi connectivity index (χ1n) is 9.66. The number of aromatic carboxylic acids is 1. The van der Waals surface area contributed by atoms with E-state index >= 15 is 0 Å². The van der Waals surface area contributed by atoms with Gasteiger partial charge >= 0.3 is 5.97 Å². The van der Waals surface area contributed by atoms with Crippen molar-refractivity contribution in [2.24, 2.45) is 0 Å². The maximum atomic E-state index is 12.9. The van der Waals surface area contributed by atoms with Crippen LogP contribution in [-0.4, -0.2) is 57.1 Å². The number of carbonyl (C=O) groups is 1. The van der Waals surface area contributed by atoms with E-state index in [9.17, 15) is 18.3 Å². The standard InChI is InChI=1S/C21H27N3O4S/c1-4-23-9-11-24(12-10-23)17-7-8-19(18(14-17)21(25)26)22-29(27,28)20-13-15(2)5-6-16(20)3/h5-8,13-14,22H,4,9-12H2,1-3H3,(H,25,26). The van der Waals surface area contributed by atoms with Crippen molar-refractivity contribution >= 4 is 27.4 Å². The number of nitrogens with one attached hydrogen (secondary N) is 1. The lowest BCUT2D eigenvalue weighted by molar-refractivity contribution is 0.0698. The van der Waals surface area contributed by atoms with Crippen LogP contribution in [0, 0.1) is 13.8 Å². The highest BCUT2D eigenvalue weighted by Crippen LogP contribution is 2.27. The summed E-state index contributed by atoms with van der Waals surface area (Å²) in [6.45, 7) is 10.1. The summed E-state index contributed by atoms with van der Waals surface area (Å²) in [5.74, 6) is -1.17. The molecule has 156 valence electrons. The molecule has 0 aromatic heterocycles. The number of sulfonamides is 1. The molecule has 2 aromatic carbocycles. The van der Waals surface area contributed by atoms with Crippen molar-refractivity contribution in [3.8, 4) is 0 Å². The fraction of sp³-hybridized carbons (Fsp3) is 0.381. The number of rotatable bonds is 6. The van der Waals surface area contributed by atoms with Gasteiger partial charge in [0.25, 0.3) is 10.0 Å². The maximum Gasteiger partial charge on any atom is 0.337 e. The van der Waals surface area contributed by atoms with Gasteiger partial charge in [-0.05, 0) is 55.8 Å². The molecule has 2 N–H and O–H groups in total. The summed E-state index contributed by atoms with van der Waals surface area (Å²) in [4.78, 5) is 16.4. The monoisotopic (exact) mass is 417 g/mol. The van der Waals surface area contributed by atoms with Gasteiger partial charge in [-0.1, -0.05) is 19.1 Å². The van der Waals surface area contributed by atoms with Crippen LogP contribution in [0.5, 0.6) is 0 Å².